The predicted octanol–water partition coefficient (Wildman–Crippen LogP) is 3.38. The minimum atomic E-state index is -0.405. The van der Waals surface area contributed by atoms with E-state index >= 15 is 0 Å². The minimum absolute atomic E-state index is 0.207. The number of benzene rings is 2. The summed E-state index contributed by atoms with van der Waals surface area (Å²) in [7, 11) is 1.66. The number of nitrogens with zero attached hydrogens (tertiary/aromatic N) is 1. The van der Waals surface area contributed by atoms with Crippen molar-refractivity contribution in [3.05, 3.63) is 106 Å². The Balaban J connectivity index is 2.03. The molecule has 0 unspecified atom stereocenters. The Labute approximate surface area is 144 Å². The molecule has 0 radical (unpaired) electrons. The van der Waals surface area contributed by atoms with Crippen molar-refractivity contribution in [2.75, 3.05) is 7.05 Å². The highest BCUT2D eigenvalue weighted by Crippen LogP contribution is 2.28. The summed E-state index contributed by atoms with van der Waals surface area (Å²) in [4.78, 5) is 28.4. The van der Waals surface area contributed by atoms with Crippen LogP contribution >= 0.6 is 0 Å². The molecule has 126 valence electrons. The SMILES string of the molecule is CN(C(=O)c1cccc(=O)[nH]1)[C@@H](c1ccccc1)c1ccc(F)cc1. The number of hydrogen-bond donors (Lipinski definition) is 1. The van der Waals surface area contributed by atoms with Crippen LogP contribution < -0.4 is 5.56 Å². The third-order valence-corrected chi connectivity index (χ3v) is 4.01. The van der Waals surface area contributed by atoms with E-state index in [9.17, 15) is 14.0 Å². The monoisotopic (exact) mass is 336 g/mol. The van der Waals surface area contributed by atoms with E-state index in [1.807, 2.05) is 30.3 Å². The maximum absolute atomic E-state index is 13.3. The van der Waals surface area contributed by atoms with E-state index in [2.05, 4.69) is 4.98 Å². The lowest BCUT2D eigenvalue weighted by Gasteiger charge is -2.29. The summed E-state index contributed by atoms with van der Waals surface area (Å²) < 4.78 is 13.3. The molecule has 0 aliphatic carbocycles. The lowest BCUT2D eigenvalue weighted by Crippen LogP contribution is -2.33. The zero-order valence-corrected chi connectivity index (χ0v) is 13.6. The maximum Gasteiger partial charge on any atom is 0.270 e. The fraction of sp³-hybridized carbons (Fsp3) is 0.100. The number of aromatic amines is 1. The number of H-pyrrole nitrogens is 1. The Kier molecular flexibility index (Phi) is 4.75. The van der Waals surface area contributed by atoms with E-state index in [1.165, 1.54) is 29.2 Å². The number of carbonyl (C=O) groups excluding carboxylic acids is 1. The number of rotatable bonds is 4. The molecule has 0 saturated carbocycles. The van der Waals surface area contributed by atoms with Gasteiger partial charge in [0.15, 0.2) is 0 Å². The lowest BCUT2D eigenvalue weighted by molar-refractivity contribution is 0.0749. The van der Waals surface area contributed by atoms with Crippen LogP contribution in [0.4, 0.5) is 4.39 Å². The molecule has 1 heterocycles. The summed E-state index contributed by atoms with van der Waals surface area (Å²) in [5, 5.41) is 0. The number of pyridine rings is 1. The van der Waals surface area contributed by atoms with Crippen molar-refractivity contribution in [1.82, 2.24) is 9.88 Å². The van der Waals surface area contributed by atoms with Gasteiger partial charge < -0.3 is 9.88 Å². The molecule has 2 aromatic carbocycles. The number of hydrogen-bond acceptors (Lipinski definition) is 2. The zero-order valence-electron chi connectivity index (χ0n) is 13.6. The molecular weight excluding hydrogens is 319 g/mol. The van der Waals surface area contributed by atoms with Crippen molar-refractivity contribution < 1.29 is 9.18 Å². The maximum atomic E-state index is 13.3. The molecule has 0 aliphatic heterocycles. The molecule has 0 saturated heterocycles. The number of aromatic nitrogens is 1. The van der Waals surface area contributed by atoms with Crippen LogP contribution in [-0.2, 0) is 0 Å². The van der Waals surface area contributed by atoms with Gasteiger partial charge >= 0.3 is 0 Å². The predicted molar refractivity (Wildman–Crippen MR) is 93.8 cm³/mol. The van der Waals surface area contributed by atoms with E-state index in [4.69, 9.17) is 0 Å². The van der Waals surface area contributed by atoms with Crippen LogP contribution in [0.15, 0.2) is 77.6 Å². The first-order valence-electron chi connectivity index (χ1n) is 7.83. The van der Waals surface area contributed by atoms with Gasteiger partial charge in [0.05, 0.1) is 6.04 Å². The third kappa shape index (κ3) is 3.66. The molecule has 0 aliphatic rings. The van der Waals surface area contributed by atoms with Crippen LogP contribution in [0.3, 0.4) is 0 Å². The van der Waals surface area contributed by atoms with Gasteiger partial charge in [0.1, 0.15) is 11.5 Å². The van der Waals surface area contributed by atoms with Crippen molar-refractivity contribution in [2.24, 2.45) is 0 Å². The first-order valence-corrected chi connectivity index (χ1v) is 7.83. The first kappa shape index (κ1) is 16.6. The summed E-state index contributed by atoms with van der Waals surface area (Å²) in [6.07, 6.45) is 0. The molecular formula is C20H17FN2O2. The Morgan fingerprint density at radius 3 is 2.20 bits per heavy atom. The second-order valence-corrected chi connectivity index (χ2v) is 5.71. The number of amides is 1. The lowest BCUT2D eigenvalue weighted by atomic mass is 9.97. The van der Waals surface area contributed by atoms with Crippen molar-refractivity contribution in [1.29, 1.82) is 0 Å². The summed E-state index contributed by atoms with van der Waals surface area (Å²) in [6.45, 7) is 0. The molecule has 4 nitrogen and oxygen atoms in total. The second kappa shape index (κ2) is 7.13. The third-order valence-electron chi connectivity index (χ3n) is 4.01. The first-order chi connectivity index (χ1) is 12.1. The van der Waals surface area contributed by atoms with Gasteiger partial charge in [-0.25, -0.2) is 4.39 Å². The molecule has 0 fully saturated rings. The molecule has 3 rings (SSSR count). The van der Waals surface area contributed by atoms with Gasteiger partial charge in [-0.15, -0.1) is 0 Å². The number of nitrogens with one attached hydrogen (secondary N) is 1. The fourth-order valence-electron chi connectivity index (χ4n) is 2.80. The summed E-state index contributed by atoms with van der Waals surface area (Å²) in [5.41, 5.74) is 1.54. The molecule has 5 heteroatoms. The number of halogens is 1. The molecule has 0 spiro atoms. The highest BCUT2D eigenvalue weighted by Gasteiger charge is 2.24. The fourth-order valence-corrected chi connectivity index (χ4v) is 2.80. The molecule has 1 N–H and O–H groups in total. The number of carbonyl (C=O) groups is 1. The smallest absolute Gasteiger partial charge is 0.270 e. The Morgan fingerprint density at radius 1 is 0.920 bits per heavy atom. The average Bonchev–Trinajstić information content (AvgIpc) is 2.64. The van der Waals surface area contributed by atoms with Gasteiger partial charge in [-0.3, -0.25) is 9.59 Å². The van der Waals surface area contributed by atoms with Crippen molar-refractivity contribution in [2.45, 2.75) is 6.04 Å². The van der Waals surface area contributed by atoms with Gasteiger partial charge in [0.2, 0.25) is 5.56 Å². The van der Waals surface area contributed by atoms with Crippen LogP contribution in [0, 0.1) is 5.82 Å². The van der Waals surface area contributed by atoms with Crippen LogP contribution in [0.2, 0.25) is 0 Å². The standard InChI is InChI=1S/C20H17FN2O2/c1-23(20(25)17-8-5-9-18(24)22-17)19(14-6-3-2-4-7-14)15-10-12-16(21)13-11-15/h2-13,19H,1H3,(H,22,24)/t19-/m0/s1. The normalized spacial score (nSPS) is 11.8. The zero-order chi connectivity index (χ0) is 17.8. The molecule has 1 aromatic heterocycles. The highest BCUT2D eigenvalue weighted by atomic mass is 19.1. The molecule has 0 bridgehead atoms. The summed E-state index contributed by atoms with van der Waals surface area (Å²) in [5.74, 6) is -0.659. The molecule has 1 amide bonds. The van der Waals surface area contributed by atoms with Gasteiger partial charge in [-0.1, -0.05) is 48.5 Å². The van der Waals surface area contributed by atoms with E-state index in [1.54, 1.807) is 25.2 Å². The second-order valence-electron chi connectivity index (χ2n) is 5.71. The van der Waals surface area contributed by atoms with Gasteiger partial charge in [0.25, 0.3) is 5.91 Å². The van der Waals surface area contributed by atoms with Crippen molar-refractivity contribution in [3.63, 3.8) is 0 Å². The molecule has 25 heavy (non-hydrogen) atoms. The highest BCUT2D eigenvalue weighted by molar-refractivity contribution is 5.92. The quantitative estimate of drug-likeness (QED) is 0.794. The topological polar surface area (TPSA) is 53.2 Å². The summed E-state index contributed by atoms with van der Waals surface area (Å²) >= 11 is 0. The largest absolute Gasteiger partial charge is 0.329 e. The van der Waals surface area contributed by atoms with Crippen molar-refractivity contribution in [3.8, 4) is 0 Å². The van der Waals surface area contributed by atoms with Gasteiger partial charge in [0, 0.05) is 13.1 Å². The van der Waals surface area contributed by atoms with Crippen LogP contribution in [0.1, 0.15) is 27.7 Å². The van der Waals surface area contributed by atoms with E-state index in [0.717, 1.165) is 11.1 Å². The van der Waals surface area contributed by atoms with Crippen molar-refractivity contribution >= 4 is 5.91 Å². The Morgan fingerprint density at radius 2 is 1.56 bits per heavy atom. The Hall–Kier alpha value is -3.21. The van der Waals surface area contributed by atoms with Gasteiger partial charge in [-0.05, 0) is 29.3 Å². The van der Waals surface area contributed by atoms with E-state index < -0.39 is 6.04 Å². The summed E-state index contributed by atoms with van der Waals surface area (Å²) in [6, 6.07) is 19.6. The van der Waals surface area contributed by atoms with Crippen LogP contribution in [0.5, 0.6) is 0 Å². The van der Waals surface area contributed by atoms with E-state index in [-0.39, 0.29) is 23.0 Å². The van der Waals surface area contributed by atoms with Gasteiger partial charge in [-0.2, -0.15) is 0 Å². The molecule has 1 atom stereocenters. The minimum Gasteiger partial charge on any atom is -0.329 e. The van der Waals surface area contributed by atoms with E-state index in [0.29, 0.717) is 0 Å². The Bertz CT molecular complexity index is 920. The van der Waals surface area contributed by atoms with Crippen LogP contribution in [0.25, 0.3) is 0 Å². The van der Waals surface area contributed by atoms with Crippen LogP contribution in [-0.4, -0.2) is 22.8 Å². The molecule has 3 aromatic rings. The average molecular weight is 336 g/mol.